The maximum Gasteiger partial charge on any atom is 0.338 e. The van der Waals surface area contributed by atoms with Crippen molar-refractivity contribution in [1.82, 2.24) is 4.98 Å². The maximum absolute atomic E-state index is 12.0. The summed E-state index contributed by atoms with van der Waals surface area (Å²) in [5.41, 5.74) is 1.13. The average Bonchev–Trinajstić information content (AvgIpc) is 3.09. The molecule has 6 nitrogen and oxygen atoms in total. The van der Waals surface area contributed by atoms with Crippen molar-refractivity contribution in [2.45, 2.75) is 11.5 Å². The highest BCUT2D eigenvalue weighted by molar-refractivity contribution is 7.90. The number of hydrogen-bond donors (Lipinski definition) is 0. The van der Waals surface area contributed by atoms with Crippen molar-refractivity contribution >= 4 is 15.8 Å². The van der Waals surface area contributed by atoms with Crippen LogP contribution in [0, 0.1) is 0 Å². The molecule has 0 unspecified atom stereocenters. The Balaban J connectivity index is 1.64. The van der Waals surface area contributed by atoms with E-state index in [0.29, 0.717) is 5.76 Å². The third-order valence-corrected chi connectivity index (χ3v) is 4.59. The smallest absolute Gasteiger partial charge is 0.338 e. The van der Waals surface area contributed by atoms with Crippen LogP contribution in [0.4, 0.5) is 0 Å². The molecule has 3 rings (SSSR count). The van der Waals surface area contributed by atoms with Crippen LogP contribution in [0.5, 0.6) is 0 Å². The van der Waals surface area contributed by atoms with E-state index in [1.807, 2.05) is 30.3 Å². The maximum atomic E-state index is 12.0. The normalized spacial score (nSPS) is 11.2. The molecule has 0 aliphatic rings. The lowest BCUT2D eigenvalue weighted by atomic mass is 10.2. The monoisotopic (exact) mass is 357 g/mol. The molecule has 3 aromatic rings. The molecule has 0 fully saturated rings. The molecule has 1 heterocycles. The molecule has 0 N–H and O–H groups in total. The fourth-order valence-corrected chi connectivity index (χ4v) is 2.79. The Kier molecular flexibility index (Phi) is 4.67. The number of rotatable bonds is 5. The van der Waals surface area contributed by atoms with Crippen LogP contribution in [0.15, 0.2) is 70.1 Å². The van der Waals surface area contributed by atoms with E-state index in [1.165, 1.54) is 24.3 Å². The van der Waals surface area contributed by atoms with Crippen molar-refractivity contribution in [3.8, 4) is 11.3 Å². The van der Waals surface area contributed by atoms with Gasteiger partial charge in [0, 0.05) is 11.8 Å². The van der Waals surface area contributed by atoms with E-state index >= 15 is 0 Å². The molecule has 128 valence electrons. The summed E-state index contributed by atoms with van der Waals surface area (Å²) in [6.45, 7) is -0.112. The van der Waals surface area contributed by atoms with E-state index in [4.69, 9.17) is 9.15 Å². The Morgan fingerprint density at radius 3 is 2.40 bits per heavy atom. The first-order valence-electron chi connectivity index (χ1n) is 7.41. The fourth-order valence-electron chi connectivity index (χ4n) is 2.16. The fraction of sp³-hybridized carbons (Fsp3) is 0.111. The summed E-state index contributed by atoms with van der Waals surface area (Å²) in [5.74, 6) is 0.281. The van der Waals surface area contributed by atoms with Crippen LogP contribution < -0.4 is 0 Å². The van der Waals surface area contributed by atoms with Gasteiger partial charge in [0.1, 0.15) is 0 Å². The SMILES string of the molecule is CS(=O)(=O)c1ccc(C(=O)OCc2ncc(-c3ccccc3)o2)cc1. The molecular weight excluding hydrogens is 342 g/mol. The van der Waals surface area contributed by atoms with Gasteiger partial charge >= 0.3 is 5.97 Å². The summed E-state index contributed by atoms with van der Waals surface area (Å²) in [7, 11) is -3.30. The van der Waals surface area contributed by atoms with Crippen LogP contribution in [0.3, 0.4) is 0 Å². The number of benzene rings is 2. The second-order valence-electron chi connectivity index (χ2n) is 5.36. The van der Waals surface area contributed by atoms with Crippen molar-refractivity contribution in [3.63, 3.8) is 0 Å². The van der Waals surface area contributed by atoms with Crippen molar-refractivity contribution in [2.75, 3.05) is 6.26 Å². The zero-order valence-electron chi connectivity index (χ0n) is 13.4. The molecule has 0 atom stereocenters. The number of carbonyl (C=O) groups excluding carboxylic acids is 1. The molecule has 0 saturated carbocycles. The first-order chi connectivity index (χ1) is 11.9. The van der Waals surface area contributed by atoms with Crippen molar-refractivity contribution in [2.24, 2.45) is 0 Å². The standard InChI is InChI=1S/C18H15NO5S/c1-25(21,22)15-9-7-14(8-10-15)18(20)23-12-17-19-11-16(24-17)13-5-3-2-4-6-13/h2-11H,12H2,1H3. The largest absolute Gasteiger partial charge is 0.452 e. The lowest BCUT2D eigenvalue weighted by Crippen LogP contribution is -2.06. The second kappa shape index (κ2) is 6.90. The van der Waals surface area contributed by atoms with E-state index < -0.39 is 15.8 Å². The molecule has 1 aromatic heterocycles. The van der Waals surface area contributed by atoms with Gasteiger partial charge in [0.25, 0.3) is 0 Å². The summed E-state index contributed by atoms with van der Waals surface area (Å²) in [4.78, 5) is 16.2. The number of oxazole rings is 1. The van der Waals surface area contributed by atoms with Gasteiger partial charge in [-0.1, -0.05) is 30.3 Å². The minimum atomic E-state index is -3.30. The Hall–Kier alpha value is -2.93. The molecule has 0 saturated heterocycles. The molecule has 0 bridgehead atoms. The number of carbonyl (C=O) groups is 1. The van der Waals surface area contributed by atoms with Gasteiger partial charge in [0.05, 0.1) is 16.7 Å². The Bertz CT molecular complexity index is 976. The van der Waals surface area contributed by atoms with Gasteiger partial charge in [0.15, 0.2) is 22.2 Å². The molecule has 0 amide bonds. The van der Waals surface area contributed by atoms with Crippen molar-refractivity contribution < 1.29 is 22.4 Å². The van der Waals surface area contributed by atoms with Crippen LogP contribution in [0.25, 0.3) is 11.3 Å². The van der Waals surface area contributed by atoms with Gasteiger partial charge in [-0.2, -0.15) is 0 Å². The zero-order valence-corrected chi connectivity index (χ0v) is 14.2. The van der Waals surface area contributed by atoms with E-state index in [-0.39, 0.29) is 23.0 Å². The van der Waals surface area contributed by atoms with Gasteiger partial charge in [-0.25, -0.2) is 18.2 Å². The second-order valence-corrected chi connectivity index (χ2v) is 7.37. The third kappa shape index (κ3) is 4.13. The predicted octanol–water partition coefficient (Wildman–Crippen LogP) is 3.10. The molecule has 2 aromatic carbocycles. The lowest BCUT2D eigenvalue weighted by Gasteiger charge is -2.03. The quantitative estimate of drug-likeness (QED) is 0.652. The summed E-state index contributed by atoms with van der Waals surface area (Å²) in [6, 6.07) is 15.0. The van der Waals surface area contributed by atoms with E-state index in [1.54, 1.807) is 6.20 Å². The van der Waals surface area contributed by atoms with Gasteiger partial charge in [-0.05, 0) is 24.3 Å². The Morgan fingerprint density at radius 1 is 1.08 bits per heavy atom. The van der Waals surface area contributed by atoms with E-state index in [0.717, 1.165) is 11.8 Å². The lowest BCUT2D eigenvalue weighted by molar-refractivity contribution is 0.0439. The summed E-state index contributed by atoms with van der Waals surface area (Å²) in [5, 5.41) is 0. The van der Waals surface area contributed by atoms with Gasteiger partial charge in [0.2, 0.25) is 5.89 Å². The van der Waals surface area contributed by atoms with Gasteiger partial charge in [-0.15, -0.1) is 0 Å². The molecule has 0 aliphatic carbocycles. The minimum absolute atomic E-state index is 0.112. The first kappa shape index (κ1) is 16.9. The Morgan fingerprint density at radius 2 is 1.76 bits per heavy atom. The number of nitrogens with zero attached hydrogens (tertiary/aromatic N) is 1. The topological polar surface area (TPSA) is 86.5 Å². The van der Waals surface area contributed by atoms with E-state index in [9.17, 15) is 13.2 Å². The number of hydrogen-bond acceptors (Lipinski definition) is 6. The van der Waals surface area contributed by atoms with E-state index in [2.05, 4.69) is 4.98 Å². The van der Waals surface area contributed by atoms with Crippen LogP contribution >= 0.6 is 0 Å². The highest BCUT2D eigenvalue weighted by Crippen LogP contribution is 2.20. The summed E-state index contributed by atoms with van der Waals surface area (Å²) < 4.78 is 33.5. The van der Waals surface area contributed by atoms with Crippen LogP contribution in [0.2, 0.25) is 0 Å². The minimum Gasteiger partial charge on any atom is -0.452 e. The molecule has 0 radical (unpaired) electrons. The third-order valence-electron chi connectivity index (χ3n) is 3.46. The molecule has 0 spiro atoms. The number of aromatic nitrogens is 1. The molecule has 25 heavy (non-hydrogen) atoms. The van der Waals surface area contributed by atoms with Crippen LogP contribution in [-0.2, 0) is 21.2 Å². The number of esters is 1. The molecule has 7 heteroatoms. The van der Waals surface area contributed by atoms with Crippen molar-refractivity contribution in [1.29, 1.82) is 0 Å². The summed E-state index contributed by atoms with van der Waals surface area (Å²) >= 11 is 0. The van der Waals surface area contributed by atoms with Gasteiger partial charge in [-0.3, -0.25) is 0 Å². The summed E-state index contributed by atoms with van der Waals surface area (Å²) in [6.07, 6.45) is 2.67. The number of ether oxygens (including phenoxy) is 1. The van der Waals surface area contributed by atoms with Crippen LogP contribution in [0.1, 0.15) is 16.2 Å². The predicted molar refractivity (Wildman–Crippen MR) is 90.6 cm³/mol. The van der Waals surface area contributed by atoms with Gasteiger partial charge < -0.3 is 9.15 Å². The zero-order chi connectivity index (χ0) is 17.9. The number of sulfone groups is 1. The first-order valence-corrected chi connectivity index (χ1v) is 9.30. The van der Waals surface area contributed by atoms with Crippen molar-refractivity contribution in [3.05, 3.63) is 72.2 Å². The van der Waals surface area contributed by atoms with Crippen LogP contribution in [-0.4, -0.2) is 25.6 Å². The average molecular weight is 357 g/mol. The highest BCUT2D eigenvalue weighted by atomic mass is 32.2. The molecular formula is C18H15NO5S. The highest BCUT2D eigenvalue weighted by Gasteiger charge is 2.13. The molecule has 0 aliphatic heterocycles. The Labute approximate surface area is 145 Å².